The predicted molar refractivity (Wildman–Crippen MR) is 174 cm³/mol. The fourth-order valence-electron chi connectivity index (χ4n) is 4.58. The summed E-state index contributed by atoms with van der Waals surface area (Å²) in [6.45, 7) is 21.5. The van der Waals surface area contributed by atoms with Crippen molar-refractivity contribution in [3.8, 4) is 0 Å². The second-order valence-electron chi connectivity index (χ2n) is 10.1. The van der Waals surface area contributed by atoms with Crippen LogP contribution in [-0.4, -0.2) is 62.2 Å². The summed E-state index contributed by atoms with van der Waals surface area (Å²) < 4.78 is 0. The van der Waals surface area contributed by atoms with Gasteiger partial charge in [0.15, 0.2) is 0 Å². The van der Waals surface area contributed by atoms with Gasteiger partial charge in [0.2, 0.25) is 0 Å². The van der Waals surface area contributed by atoms with Crippen LogP contribution in [0.25, 0.3) is 18.2 Å². The van der Waals surface area contributed by atoms with Crippen LogP contribution in [0.3, 0.4) is 0 Å². The first-order valence-corrected chi connectivity index (χ1v) is 14.3. The van der Waals surface area contributed by atoms with E-state index in [9.17, 15) is 0 Å². The SMILES string of the molecule is C=Cc1ccc(CNCCNCCN(CCN(CCN)Cc2ccc(C=C)cc2)Cc2ccc(C=C)cc2)cc1. The Morgan fingerprint density at radius 3 is 1.40 bits per heavy atom. The number of rotatable bonds is 20. The zero-order valence-electron chi connectivity index (χ0n) is 24.0. The summed E-state index contributed by atoms with van der Waals surface area (Å²) in [5.41, 5.74) is 13.3. The second kappa shape index (κ2) is 18.1. The van der Waals surface area contributed by atoms with Gasteiger partial charge in [0, 0.05) is 72.0 Å². The zero-order valence-corrected chi connectivity index (χ0v) is 24.0. The lowest BCUT2D eigenvalue weighted by molar-refractivity contribution is 0.196. The summed E-state index contributed by atoms with van der Waals surface area (Å²) in [7, 11) is 0. The highest BCUT2D eigenvalue weighted by Crippen LogP contribution is 2.11. The van der Waals surface area contributed by atoms with E-state index in [1.807, 2.05) is 18.2 Å². The van der Waals surface area contributed by atoms with Crippen molar-refractivity contribution in [2.75, 3.05) is 52.4 Å². The summed E-state index contributed by atoms with van der Waals surface area (Å²) in [5.74, 6) is 0. The quantitative estimate of drug-likeness (QED) is 0.172. The lowest BCUT2D eigenvalue weighted by Crippen LogP contribution is -2.40. The molecule has 3 aromatic carbocycles. The molecule has 0 aliphatic carbocycles. The van der Waals surface area contributed by atoms with Crippen LogP contribution in [0.5, 0.6) is 0 Å². The van der Waals surface area contributed by atoms with E-state index in [0.717, 1.165) is 82.1 Å². The van der Waals surface area contributed by atoms with E-state index in [2.05, 4.69) is 113 Å². The molecule has 0 saturated carbocycles. The zero-order chi connectivity index (χ0) is 28.4. The largest absolute Gasteiger partial charge is 0.329 e. The molecule has 4 N–H and O–H groups in total. The molecule has 212 valence electrons. The number of benzene rings is 3. The van der Waals surface area contributed by atoms with E-state index < -0.39 is 0 Å². The lowest BCUT2D eigenvalue weighted by Gasteiger charge is -2.28. The van der Waals surface area contributed by atoms with E-state index in [1.54, 1.807) is 0 Å². The molecule has 0 unspecified atom stereocenters. The Kier molecular flexibility index (Phi) is 14.1. The van der Waals surface area contributed by atoms with Crippen LogP contribution in [0.15, 0.2) is 92.5 Å². The normalized spacial score (nSPS) is 11.2. The number of hydrogen-bond acceptors (Lipinski definition) is 5. The van der Waals surface area contributed by atoms with Crippen LogP contribution in [0.1, 0.15) is 33.4 Å². The van der Waals surface area contributed by atoms with Gasteiger partial charge in [-0.25, -0.2) is 0 Å². The number of nitrogens with zero attached hydrogens (tertiary/aromatic N) is 2. The molecule has 5 heteroatoms. The molecule has 0 aliphatic heterocycles. The summed E-state index contributed by atoms with van der Waals surface area (Å²) in [6.07, 6.45) is 5.65. The number of nitrogens with one attached hydrogen (secondary N) is 2. The standard InChI is InChI=1S/C35H47N5/c1-4-30-7-13-33(14-8-30)27-38-21-20-37-22-24-40(29-35-17-11-32(6-3)12-18-35)26-25-39(23-19-36)28-34-15-9-31(5-2)10-16-34/h4-18,37-38H,1-3,19-29,36H2. The van der Waals surface area contributed by atoms with Gasteiger partial charge in [-0.1, -0.05) is 111 Å². The molecule has 3 rings (SSSR count). The van der Waals surface area contributed by atoms with Crippen molar-refractivity contribution in [2.45, 2.75) is 19.6 Å². The van der Waals surface area contributed by atoms with Crippen LogP contribution >= 0.6 is 0 Å². The molecular formula is C35H47N5. The molecule has 5 nitrogen and oxygen atoms in total. The Bertz CT molecular complexity index is 1140. The molecule has 0 spiro atoms. The van der Waals surface area contributed by atoms with Crippen LogP contribution in [0.4, 0.5) is 0 Å². The molecule has 0 atom stereocenters. The van der Waals surface area contributed by atoms with Gasteiger partial charge in [-0.2, -0.15) is 0 Å². The molecule has 0 aliphatic rings. The van der Waals surface area contributed by atoms with Crippen molar-refractivity contribution < 1.29 is 0 Å². The molecule has 3 aromatic rings. The summed E-state index contributed by atoms with van der Waals surface area (Å²) >= 11 is 0. The maximum Gasteiger partial charge on any atom is 0.0234 e. The minimum absolute atomic E-state index is 0.653. The Labute approximate surface area is 242 Å². The van der Waals surface area contributed by atoms with Gasteiger partial charge in [-0.05, 0) is 33.4 Å². The van der Waals surface area contributed by atoms with E-state index in [1.165, 1.54) is 16.7 Å². The highest BCUT2D eigenvalue weighted by atomic mass is 15.2. The molecular weight excluding hydrogens is 490 g/mol. The Morgan fingerprint density at radius 2 is 0.950 bits per heavy atom. The fourth-order valence-corrected chi connectivity index (χ4v) is 4.58. The Balaban J connectivity index is 1.48. The van der Waals surface area contributed by atoms with Crippen LogP contribution in [0.2, 0.25) is 0 Å². The van der Waals surface area contributed by atoms with Gasteiger partial charge in [0.05, 0.1) is 0 Å². The first kappa shape index (κ1) is 31.2. The van der Waals surface area contributed by atoms with Crippen molar-refractivity contribution in [3.63, 3.8) is 0 Å². The molecule has 0 amide bonds. The average Bonchev–Trinajstić information content (AvgIpc) is 3.00. The molecule has 0 radical (unpaired) electrons. The lowest BCUT2D eigenvalue weighted by atomic mass is 10.1. The average molecular weight is 538 g/mol. The molecule has 40 heavy (non-hydrogen) atoms. The first-order valence-electron chi connectivity index (χ1n) is 14.3. The van der Waals surface area contributed by atoms with Crippen molar-refractivity contribution >= 4 is 18.2 Å². The molecule has 0 saturated heterocycles. The van der Waals surface area contributed by atoms with Gasteiger partial charge < -0.3 is 16.4 Å². The Hall–Kier alpha value is -3.32. The summed E-state index contributed by atoms with van der Waals surface area (Å²) in [4.78, 5) is 4.99. The third-order valence-electron chi connectivity index (χ3n) is 7.05. The van der Waals surface area contributed by atoms with E-state index >= 15 is 0 Å². The van der Waals surface area contributed by atoms with Crippen molar-refractivity contribution in [2.24, 2.45) is 5.73 Å². The van der Waals surface area contributed by atoms with Gasteiger partial charge in [-0.3, -0.25) is 9.80 Å². The van der Waals surface area contributed by atoms with Crippen LogP contribution < -0.4 is 16.4 Å². The molecule has 0 aromatic heterocycles. The van der Waals surface area contributed by atoms with Gasteiger partial charge in [0.25, 0.3) is 0 Å². The first-order chi connectivity index (χ1) is 19.6. The predicted octanol–water partition coefficient (Wildman–Crippen LogP) is 5.26. The maximum absolute atomic E-state index is 5.98. The topological polar surface area (TPSA) is 56.6 Å². The van der Waals surface area contributed by atoms with Crippen LogP contribution in [-0.2, 0) is 19.6 Å². The third kappa shape index (κ3) is 11.4. The fraction of sp³-hybridized carbons (Fsp3) is 0.314. The minimum Gasteiger partial charge on any atom is -0.329 e. The highest BCUT2D eigenvalue weighted by molar-refractivity contribution is 5.48. The minimum atomic E-state index is 0.653. The Morgan fingerprint density at radius 1 is 0.525 bits per heavy atom. The number of nitrogens with two attached hydrogens (primary N) is 1. The van der Waals surface area contributed by atoms with Crippen molar-refractivity contribution in [1.29, 1.82) is 0 Å². The molecule has 0 bridgehead atoms. The summed E-state index contributed by atoms with van der Waals surface area (Å²) in [5, 5.41) is 7.14. The van der Waals surface area contributed by atoms with Gasteiger partial charge in [0.1, 0.15) is 0 Å². The molecule has 0 heterocycles. The third-order valence-corrected chi connectivity index (χ3v) is 7.05. The highest BCUT2D eigenvalue weighted by Gasteiger charge is 2.11. The van der Waals surface area contributed by atoms with Crippen LogP contribution in [0, 0.1) is 0 Å². The van der Waals surface area contributed by atoms with Crippen molar-refractivity contribution in [3.05, 3.63) is 126 Å². The van der Waals surface area contributed by atoms with E-state index in [4.69, 9.17) is 5.73 Å². The van der Waals surface area contributed by atoms with Gasteiger partial charge in [-0.15, -0.1) is 0 Å². The maximum atomic E-state index is 5.98. The van der Waals surface area contributed by atoms with E-state index in [0.29, 0.717) is 6.54 Å². The second-order valence-corrected chi connectivity index (χ2v) is 10.1. The van der Waals surface area contributed by atoms with Gasteiger partial charge >= 0.3 is 0 Å². The molecule has 0 fully saturated rings. The van der Waals surface area contributed by atoms with E-state index in [-0.39, 0.29) is 0 Å². The summed E-state index contributed by atoms with van der Waals surface area (Å²) in [6, 6.07) is 25.9. The smallest absolute Gasteiger partial charge is 0.0234 e. The monoisotopic (exact) mass is 537 g/mol. The number of hydrogen-bond donors (Lipinski definition) is 3. The van der Waals surface area contributed by atoms with Crippen molar-refractivity contribution in [1.82, 2.24) is 20.4 Å².